The van der Waals surface area contributed by atoms with Gasteiger partial charge in [-0.15, -0.1) is 12.6 Å². The van der Waals surface area contributed by atoms with E-state index in [1.165, 1.54) is 15.4 Å². The third-order valence-electron chi connectivity index (χ3n) is 2.64. The van der Waals surface area contributed by atoms with Crippen LogP contribution in [0.5, 0.6) is 0 Å². The molecule has 0 aliphatic rings. The van der Waals surface area contributed by atoms with Gasteiger partial charge in [-0.1, -0.05) is 49.9 Å². The molecule has 0 aromatic heterocycles. The summed E-state index contributed by atoms with van der Waals surface area (Å²) in [5.41, 5.74) is 1.38. The van der Waals surface area contributed by atoms with Crippen LogP contribution in [0.2, 0.25) is 0 Å². The van der Waals surface area contributed by atoms with E-state index in [0.29, 0.717) is 5.92 Å². The van der Waals surface area contributed by atoms with Crippen LogP contribution in [0, 0.1) is 0 Å². The van der Waals surface area contributed by atoms with Crippen molar-refractivity contribution in [2.24, 2.45) is 0 Å². The standard InChI is InChI=1S/C15H16S2/c1-11(2)12-7-9-13(10-8-12)17-15-6-4-3-5-14(15)16/h3-11,16H,1-2H3. The summed E-state index contributed by atoms with van der Waals surface area (Å²) in [4.78, 5) is 3.49. The van der Waals surface area contributed by atoms with E-state index in [1.807, 2.05) is 18.2 Å². The van der Waals surface area contributed by atoms with Gasteiger partial charge in [0, 0.05) is 14.7 Å². The minimum absolute atomic E-state index is 0.589. The number of benzene rings is 2. The average Bonchev–Trinajstić information content (AvgIpc) is 2.33. The highest BCUT2D eigenvalue weighted by Gasteiger charge is 2.02. The van der Waals surface area contributed by atoms with Gasteiger partial charge in [0.2, 0.25) is 0 Å². The van der Waals surface area contributed by atoms with Crippen molar-refractivity contribution in [3.05, 3.63) is 54.1 Å². The smallest absolute Gasteiger partial charge is 0.0255 e. The van der Waals surface area contributed by atoms with Crippen molar-refractivity contribution >= 4 is 24.4 Å². The average molecular weight is 260 g/mol. The molecule has 0 saturated carbocycles. The Morgan fingerprint density at radius 3 is 2.18 bits per heavy atom. The lowest BCUT2D eigenvalue weighted by Crippen LogP contribution is -1.85. The minimum atomic E-state index is 0.589. The normalized spacial score (nSPS) is 10.8. The molecule has 0 unspecified atom stereocenters. The lowest BCUT2D eigenvalue weighted by atomic mass is 10.0. The Morgan fingerprint density at radius 2 is 1.59 bits per heavy atom. The molecule has 0 amide bonds. The summed E-state index contributed by atoms with van der Waals surface area (Å²) in [5, 5.41) is 0. The SMILES string of the molecule is CC(C)c1ccc(Sc2ccccc2S)cc1. The second-order valence-electron chi connectivity index (χ2n) is 4.29. The molecule has 0 aliphatic heterocycles. The molecule has 0 atom stereocenters. The first kappa shape index (κ1) is 12.6. The largest absolute Gasteiger partial charge is 0.142 e. The maximum atomic E-state index is 4.46. The minimum Gasteiger partial charge on any atom is -0.142 e. The number of hydrogen-bond donors (Lipinski definition) is 1. The molecule has 0 nitrogen and oxygen atoms in total. The van der Waals surface area contributed by atoms with E-state index in [0.717, 1.165) is 4.90 Å². The predicted octanol–water partition coefficient (Wildman–Crippen LogP) is 5.25. The van der Waals surface area contributed by atoms with Crippen molar-refractivity contribution < 1.29 is 0 Å². The summed E-state index contributed by atoms with van der Waals surface area (Å²) in [6.07, 6.45) is 0. The summed E-state index contributed by atoms with van der Waals surface area (Å²) in [7, 11) is 0. The van der Waals surface area contributed by atoms with Gasteiger partial charge >= 0.3 is 0 Å². The van der Waals surface area contributed by atoms with Gasteiger partial charge in [0.05, 0.1) is 0 Å². The van der Waals surface area contributed by atoms with Gasteiger partial charge in [-0.05, 0) is 35.7 Å². The summed E-state index contributed by atoms with van der Waals surface area (Å²) in [6.45, 7) is 4.43. The van der Waals surface area contributed by atoms with Gasteiger partial charge in [0.15, 0.2) is 0 Å². The molecular weight excluding hydrogens is 244 g/mol. The van der Waals surface area contributed by atoms with Crippen LogP contribution in [0.25, 0.3) is 0 Å². The molecule has 2 rings (SSSR count). The summed E-state index contributed by atoms with van der Waals surface area (Å²) >= 11 is 6.22. The summed E-state index contributed by atoms with van der Waals surface area (Å²) in [5.74, 6) is 0.589. The first-order valence-corrected chi connectivity index (χ1v) is 6.99. The van der Waals surface area contributed by atoms with Gasteiger partial charge in [-0.25, -0.2) is 0 Å². The molecule has 0 spiro atoms. The molecule has 0 N–H and O–H groups in total. The molecule has 2 heteroatoms. The maximum absolute atomic E-state index is 4.46. The second kappa shape index (κ2) is 5.65. The van der Waals surface area contributed by atoms with E-state index in [-0.39, 0.29) is 0 Å². The third kappa shape index (κ3) is 3.30. The van der Waals surface area contributed by atoms with Crippen LogP contribution < -0.4 is 0 Å². The van der Waals surface area contributed by atoms with E-state index < -0.39 is 0 Å². The summed E-state index contributed by atoms with van der Waals surface area (Å²) in [6, 6.07) is 16.9. The Morgan fingerprint density at radius 1 is 0.941 bits per heavy atom. The van der Waals surface area contributed by atoms with Gasteiger partial charge in [0.1, 0.15) is 0 Å². The lowest BCUT2D eigenvalue weighted by Gasteiger charge is -2.07. The lowest BCUT2D eigenvalue weighted by molar-refractivity contribution is 0.865. The topological polar surface area (TPSA) is 0 Å². The number of thiol groups is 1. The Bertz CT molecular complexity index is 487. The van der Waals surface area contributed by atoms with Gasteiger partial charge in [0.25, 0.3) is 0 Å². The van der Waals surface area contributed by atoms with E-state index in [2.05, 4.69) is 56.8 Å². The van der Waals surface area contributed by atoms with Crippen LogP contribution in [0.1, 0.15) is 25.3 Å². The van der Waals surface area contributed by atoms with Crippen molar-refractivity contribution in [1.29, 1.82) is 0 Å². The molecule has 0 heterocycles. The molecule has 2 aromatic carbocycles. The molecule has 17 heavy (non-hydrogen) atoms. The van der Waals surface area contributed by atoms with E-state index in [9.17, 15) is 0 Å². The predicted molar refractivity (Wildman–Crippen MR) is 78.3 cm³/mol. The highest BCUT2D eigenvalue weighted by molar-refractivity contribution is 7.99. The molecule has 88 valence electrons. The highest BCUT2D eigenvalue weighted by atomic mass is 32.2. The van der Waals surface area contributed by atoms with Gasteiger partial charge in [-0.3, -0.25) is 0 Å². The summed E-state index contributed by atoms with van der Waals surface area (Å²) < 4.78 is 0. The fourth-order valence-electron chi connectivity index (χ4n) is 1.59. The van der Waals surface area contributed by atoms with E-state index >= 15 is 0 Å². The molecule has 0 radical (unpaired) electrons. The number of rotatable bonds is 3. The Balaban J connectivity index is 2.17. The van der Waals surface area contributed by atoms with Crippen LogP contribution in [0.3, 0.4) is 0 Å². The zero-order chi connectivity index (χ0) is 12.3. The zero-order valence-electron chi connectivity index (χ0n) is 10.1. The zero-order valence-corrected chi connectivity index (χ0v) is 11.8. The molecule has 0 bridgehead atoms. The quantitative estimate of drug-likeness (QED) is 0.735. The van der Waals surface area contributed by atoms with Gasteiger partial charge in [-0.2, -0.15) is 0 Å². The van der Waals surface area contributed by atoms with Crippen molar-refractivity contribution in [1.82, 2.24) is 0 Å². The molecule has 0 saturated heterocycles. The van der Waals surface area contributed by atoms with Crippen molar-refractivity contribution in [2.75, 3.05) is 0 Å². The fraction of sp³-hybridized carbons (Fsp3) is 0.200. The monoisotopic (exact) mass is 260 g/mol. The molecule has 2 aromatic rings. The van der Waals surface area contributed by atoms with E-state index in [4.69, 9.17) is 0 Å². The Kier molecular flexibility index (Phi) is 4.19. The van der Waals surface area contributed by atoms with Crippen LogP contribution in [0.4, 0.5) is 0 Å². The Hall–Kier alpha value is -0.860. The first-order chi connectivity index (χ1) is 8.16. The van der Waals surface area contributed by atoms with Crippen LogP contribution in [-0.4, -0.2) is 0 Å². The van der Waals surface area contributed by atoms with Gasteiger partial charge < -0.3 is 0 Å². The van der Waals surface area contributed by atoms with Crippen LogP contribution in [-0.2, 0) is 0 Å². The Labute approximate surface area is 113 Å². The van der Waals surface area contributed by atoms with Crippen LogP contribution >= 0.6 is 24.4 Å². The fourth-order valence-corrected chi connectivity index (χ4v) is 2.73. The molecular formula is C15H16S2. The molecule has 0 aliphatic carbocycles. The highest BCUT2D eigenvalue weighted by Crippen LogP contribution is 2.32. The first-order valence-electron chi connectivity index (χ1n) is 5.72. The molecule has 0 fully saturated rings. The second-order valence-corrected chi connectivity index (χ2v) is 5.89. The number of hydrogen-bond acceptors (Lipinski definition) is 2. The van der Waals surface area contributed by atoms with Crippen LogP contribution in [0.15, 0.2) is 63.2 Å². The third-order valence-corrected chi connectivity index (χ3v) is 4.26. The van der Waals surface area contributed by atoms with E-state index in [1.54, 1.807) is 11.8 Å². The van der Waals surface area contributed by atoms with Crippen molar-refractivity contribution in [2.45, 2.75) is 34.5 Å². The van der Waals surface area contributed by atoms with Crippen molar-refractivity contribution in [3.63, 3.8) is 0 Å². The maximum Gasteiger partial charge on any atom is 0.0255 e. The van der Waals surface area contributed by atoms with Crippen molar-refractivity contribution in [3.8, 4) is 0 Å².